The fourth-order valence-corrected chi connectivity index (χ4v) is 4.80. The minimum Gasteiger partial charge on any atom is -0.354 e. The van der Waals surface area contributed by atoms with Crippen molar-refractivity contribution in [1.82, 2.24) is 20.2 Å². The summed E-state index contributed by atoms with van der Waals surface area (Å²) in [5, 5.41) is 11.4. The summed E-state index contributed by atoms with van der Waals surface area (Å²) in [4.78, 5) is 11.7. The van der Waals surface area contributed by atoms with Gasteiger partial charge in [-0.1, -0.05) is 24.3 Å². The smallest absolute Gasteiger partial charge is 0.159 e. The first-order chi connectivity index (χ1) is 12.7. The van der Waals surface area contributed by atoms with Crippen molar-refractivity contribution in [1.29, 1.82) is 0 Å². The van der Waals surface area contributed by atoms with Gasteiger partial charge in [-0.05, 0) is 45.1 Å². The molecule has 2 aromatic heterocycles. The van der Waals surface area contributed by atoms with Gasteiger partial charge >= 0.3 is 0 Å². The lowest BCUT2D eigenvalue weighted by Gasteiger charge is -2.41. The second kappa shape index (κ2) is 5.73. The molecule has 1 aliphatic heterocycles. The Morgan fingerprint density at radius 3 is 2.77 bits per heavy atom. The van der Waals surface area contributed by atoms with Gasteiger partial charge in [0, 0.05) is 35.5 Å². The number of aromatic nitrogens is 4. The number of rotatable bonds is 1. The summed E-state index contributed by atoms with van der Waals surface area (Å²) in [5.74, 6) is 1.90. The third-order valence-electron chi connectivity index (χ3n) is 6.09. The summed E-state index contributed by atoms with van der Waals surface area (Å²) in [7, 11) is 0. The van der Waals surface area contributed by atoms with Gasteiger partial charge in [-0.2, -0.15) is 5.10 Å². The van der Waals surface area contributed by atoms with Gasteiger partial charge in [0.1, 0.15) is 5.82 Å². The second-order valence-electron chi connectivity index (χ2n) is 7.75. The van der Waals surface area contributed by atoms with Gasteiger partial charge < -0.3 is 4.90 Å². The number of aryl methyl sites for hydroxylation is 3. The van der Waals surface area contributed by atoms with Crippen molar-refractivity contribution in [3.05, 3.63) is 53.2 Å². The second-order valence-corrected chi connectivity index (χ2v) is 7.75. The summed E-state index contributed by atoms with van der Waals surface area (Å²) in [6, 6.07) is 8.48. The van der Waals surface area contributed by atoms with Crippen LogP contribution >= 0.6 is 0 Å². The van der Waals surface area contributed by atoms with Gasteiger partial charge in [0.25, 0.3) is 0 Å². The first-order valence-electron chi connectivity index (χ1n) is 9.46. The van der Waals surface area contributed by atoms with Crippen molar-refractivity contribution < 1.29 is 0 Å². The number of nitrogens with zero attached hydrogens (tertiary/aromatic N) is 5. The topological polar surface area (TPSA) is 54.8 Å². The normalized spacial score (nSPS) is 22.2. The van der Waals surface area contributed by atoms with Crippen LogP contribution in [0.5, 0.6) is 0 Å². The Kier molecular flexibility index (Phi) is 3.45. The zero-order valence-electron chi connectivity index (χ0n) is 15.4. The highest BCUT2D eigenvalue weighted by molar-refractivity contribution is 5.93. The fraction of sp³-hybridized carbons (Fsp3) is 0.429. The van der Waals surface area contributed by atoms with Crippen LogP contribution in [0, 0.1) is 13.8 Å². The van der Waals surface area contributed by atoms with Gasteiger partial charge in [-0.15, -0.1) is 5.10 Å². The predicted molar refractivity (Wildman–Crippen MR) is 102 cm³/mol. The van der Waals surface area contributed by atoms with E-state index in [4.69, 9.17) is 4.98 Å². The molecule has 1 aromatic carbocycles. The Morgan fingerprint density at radius 2 is 1.88 bits per heavy atom. The van der Waals surface area contributed by atoms with E-state index in [9.17, 15) is 0 Å². The molecule has 3 aromatic rings. The molecule has 0 radical (unpaired) electrons. The van der Waals surface area contributed by atoms with Gasteiger partial charge in [0.2, 0.25) is 0 Å². The van der Waals surface area contributed by atoms with Crippen molar-refractivity contribution in [3.63, 3.8) is 0 Å². The fourth-order valence-electron chi connectivity index (χ4n) is 4.80. The van der Waals surface area contributed by atoms with Crippen molar-refractivity contribution in [2.24, 2.45) is 0 Å². The summed E-state index contributed by atoms with van der Waals surface area (Å²) in [5.41, 5.74) is 3.73. The molecule has 5 rings (SSSR count). The SMILES string of the molecule is Cc1ncc2c(n1)C1(CCCN(c3nnc(C)c4ccccc34)C1)CC2. The van der Waals surface area contributed by atoms with E-state index < -0.39 is 0 Å². The number of piperidine rings is 1. The van der Waals surface area contributed by atoms with Crippen LogP contribution in [0.4, 0.5) is 5.82 Å². The van der Waals surface area contributed by atoms with Crippen LogP contribution < -0.4 is 4.90 Å². The average Bonchev–Trinajstić information content (AvgIpc) is 3.00. The van der Waals surface area contributed by atoms with E-state index in [1.807, 2.05) is 20.0 Å². The van der Waals surface area contributed by atoms with E-state index in [1.54, 1.807) is 0 Å². The molecule has 5 nitrogen and oxygen atoms in total. The molecule has 1 saturated heterocycles. The number of hydrogen-bond donors (Lipinski definition) is 0. The Hall–Kier alpha value is -2.56. The lowest BCUT2D eigenvalue weighted by Crippen LogP contribution is -2.46. The summed E-state index contributed by atoms with van der Waals surface area (Å²) < 4.78 is 0. The molecule has 3 heterocycles. The molecule has 26 heavy (non-hydrogen) atoms. The van der Waals surface area contributed by atoms with Crippen molar-refractivity contribution in [2.45, 2.75) is 44.9 Å². The molecular formula is C21H23N5. The highest BCUT2D eigenvalue weighted by atomic mass is 15.3. The van der Waals surface area contributed by atoms with E-state index in [0.29, 0.717) is 0 Å². The Bertz CT molecular complexity index is 995. The predicted octanol–water partition coefficient (Wildman–Crippen LogP) is 3.52. The van der Waals surface area contributed by atoms with Gasteiger partial charge in [-0.25, -0.2) is 9.97 Å². The molecule has 1 aliphatic carbocycles. The molecular weight excluding hydrogens is 322 g/mol. The molecule has 1 unspecified atom stereocenters. The number of fused-ring (bicyclic) bond motifs is 3. The molecule has 0 amide bonds. The third-order valence-corrected chi connectivity index (χ3v) is 6.09. The van der Waals surface area contributed by atoms with Crippen molar-refractivity contribution >= 4 is 16.6 Å². The molecule has 0 N–H and O–H groups in total. The molecule has 2 aliphatic rings. The minimum atomic E-state index is 0.134. The Labute approximate surface area is 153 Å². The van der Waals surface area contributed by atoms with Crippen LogP contribution in [0.25, 0.3) is 10.8 Å². The van der Waals surface area contributed by atoms with Crippen LogP contribution in [0.15, 0.2) is 30.5 Å². The summed E-state index contributed by atoms with van der Waals surface area (Å²) >= 11 is 0. The van der Waals surface area contributed by atoms with Crippen molar-refractivity contribution in [2.75, 3.05) is 18.0 Å². The van der Waals surface area contributed by atoms with E-state index in [-0.39, 0.29) is 5.41 Å². The van der Waals surface area contributed by atoms with E-state index in [0.717, 1.165) is 49.7 Å². The minimum absolute atomic E-state index is 0.134. The van der Waals surface area contributed by atoms with Crippen molar-refractivity contribution in [3.8, 4) is 0 Å². The van der Waals surface area contributed by atoms with Crippen LogP contribution in [0.3, 0.4) is 0 Å². The third kappa shape index (κ3) is 2.30. The molecule has 0 saturated carbocycles. The lowest BCUT2D eigenvalue weighted by molar-refractivity contribution is 0.333. The zero-order valence-corrected chi connectivity index (χ0v) is 15.4. The highest BCUT2D eigenvalue weighted by Gasteiger charge is 2.44. The highest BCUT2D eigenvalue weighted by Crippen LogP contribution is 2.45. The summed E-state index contributed by atoms with van der Waals surface area (Å²) in [6.07, 6.45) is 6.64. The van der Waals surface area contributed by atoms with Gasteiger partial charge in [0.05, 0.1) is 11.4 Å². The average molecular weight is 345 g/mol. The number of benzene rings is 1. The van der Waals surface area contributed by atoms with Crippen LogP contribution in [-0.4, -0.2) is 33.3 Å². The maximum absolute atomic E-state index is 4.86. The van der Waals surface area contributed by atoms with Crippen LogP contribution in [0.2, 0.25) is 0 Å². The molecule has 1 fully saturated rings. The first kappa shape index (κ1) is 15.7. The van der Waals surface area contributed by atoms with Gasteiger partial charge in [0.15, 0.2) is 5.82 Å². The maximum atomic E-state index is 4.86. The number of hydrogen-bond acceptors (Lipinski definition) is 5. The molecule has 132 valence electrons. The van der Waals surface area contributed by atoms with E-state index >= 15 is 0 Å². The first-order valence-corrected chi connectivity index (χ1v) is 9.46. The Morgan fingerprint density at radius 1 is 1.04 bits per heavy atom. The Balaban J connectivity index is 1.58. The van der Waals surface area contributed by atoms with E-state index in [2.05, 4.69) is 44.3 Å². The standard InChI is InChI=1S/C21H23N5/c1-14-17-6-3-4-7-18(17)20(25-24-14)26-11-5-9-21(13-26)10-8-16-12-22-15(2)23-19(16)21/h3-4,6-7,12H,5,8-11,13H2,1-2H3. The van der Waals surface area contributed by atoms with Gasteiger partial charge in [-0.3, -0.25) is 0 Å². The number of anilines is 1. The lowest BCUT2D eigenvalue weighted by atomic mass is 9.77. The van der Waals surface area contributed by atoms with E-state index in [1.165, 1.54) is 28.5 Å². The summed E-state index contributed by atoms with van der Waals surface area (Å²) in [6.45, 7) is 6.02. The van der Waals surface area contributed by atoms with Crippen LogP contribution in [-0.2, 0) is 11.8 Å². The zero-order chi connectivity index (χ0) is 17.7. The quantitative estimate of drug-likeness (QED) is 0.675. The maximum Gasteiger partial charge on any atom is 0.159 e. The molecule has 0 bridgehead atoms. The molecule has 1 atom stereocenters. The molecule has 5 heteroatoms. The molecule has 1 spiro atoms. The largest absolute Gasteiger partial charge is 0.354 e. The monoisotopic (exact) mass is 345 g/mol. The van der Waals surface area contributed by atoms with Crippen LogP contribution in [0.1, 0.15) is 42.0 Å².